The smallest absolute Gasteiger partial charge is 0.0860 e. The van der Waals surface area contributed by atoms with Gasteiger partial charge in [-0.1, -0.05) is 32.4 Å². The highest BCUT2D eigenvalue weighted by Gasteiger charge is 2.17. The van der Waals surface area contributed by atoms with Gasteiger partial charge in [0.2, 0.25) is 0 Å². The second-order valence-corrected chi connectivity index (χ2v) is 6.95. The van der Waals surface area contributed by atoms with E-state index in [4.69, 9.17) is 16.6 Å². The van der Waals surface area contributed by atoms with Gasteiger partial charge < -0.3 is 5.32 Å². The highest BCUT2D eigenvalue weighted by atomic mass is 127. The molecule has 0 aliphatic rings. The summed E-state index contributed by atoms with van der Waals surface area (Å²) in [7, 11) is 0. The van der Waals surface area contributed by atoms with Crippen molar-refractivity contribution in [3.8, 4) is 0 Å². The van der Waals surface area contributed by atoms with Gasteiger partial charge in [0.1, 0.15) is 0 Å². The van der Waals surface area contributed by atoms with Crippen molar-refractivity contribution in [1.82, 2.24) is 4.98 Å². The minimum Gasteiger partial charge on any atom is -0.384 e. The van der Waals surface area contributed by atoms with Gasteiger partial charge in [-0.3, -0.25) is 4.98 Å². The maximum Gasteiger partial charge on any atom is 0.0860 e. The van der Waals surface area contributed by atoms with E-state index in [-0.39, 0.29) is 0 Å². The fourth-order valence-corrected chi connectivity index (χ4v) is 3.72. The van der Waals surface area contributed by atoms with E-state index >= 15 is 0 Å². The average molecular weight is 403 g/mol. The molecule has 0 radical (unpaired) electrons. The lowest BCUT2D eigenvalue weighted by atomic mass is 9.96. The molecule has 1 aromatic carbocycles. The molecule has 0 spiro atoms. The quantitative estimate of drug-likeness (QED) is 0.659. The summed E-state index contributed by atoms with van der Waals surface area (Å²) in [5.41, 5.74) is 4.63. The van der Waals surface area contributed by atoms with Crippen molar-refractivity contribution in [3.63, 3.8) is 0 Å². The summed E-state index contributed by atoms with van der Waals surface area (Å²) in [6.45, 7) is 9.65. The van der Waals surface area contributed by atoms with Crippen LogP contribution in [0.25, 0.3) is 10.9 Å². The Labute approximate surface area is 139 Å². The number of aromatic nitrogens is 1. The van der Waals surface area contributed by atoms with Crippen molar-refractivity contribution in [3.05, 3.63) is 32.0 Å². The number of nitrogens with one attached hydrogen (secondary N) is 1. The van der Waals surface area contributed by atoms with E-state index in [1.54, 1.807) is 0 Å². The van der Waals surface area contributed by atoms with Crippen LogP contribution < -0.4 is 5.32 Å². The van der Waals surface area contributed by atoms with Crippen molar-refractivity contribution in [2.24, 2.45) is 0 Å². The number of nitrogens with zero attached hydrogens (tertiary/aromatic N) is 1. The molecule has 2 aromatic rings. The molecule has 1 N–H and O–H groups in total. The zero-order chi connectivity index (χ0) is 14.9. The van der Waals surface area contributed by atoms with Crippen LogP contribution in [0.15, 0.2) is 12.1 Å². The Hall–Kier alpha value is -0.550. The number of hydrogen-bond donors (Lipinski definition) is 1. The molecule has 108 valence electrons. The molecule has 2 rings (SSSR count). The second kappa shape index (κ2) is 6.48. The fraction of sp³-hybridized carbons (Fsp3) is 0.438. The molecular weight excluding hydrogens is 383 g/mol. The Kier molecular flexibility index (Phi) is 5.13. The number of fused-ring (bicyclic) bond motifs is 1. The summed E-state index contributed by atoms with van der Waals surface area (Å²) in [5.74, 6) is 0.433. The van der Waals surface area contributed by atoms with E-state index in [0.717, 1.165) is 38.2 Å². The van der Waals surface area contributed by atoms with E-state index in [1.165, 1.54) is 11.3 Å². The van der Waals surface area contributed by atoms with Crippen LogP contribution >= 0.6 is 34.2 Å². The van der Waals surface area contributed by atoms with Gasteiger partial charge in [0.15, 0.2) is 0 Å². The number of pyridine rings is 1. The van der Waals surface area contributed by atoms with E-state index in [9.17, 15) is 0 Å². The van der Waals surface area contributed by atoms with Crippen molar-refractivity contribution in [1.29, 1.82) is 0 Å². The van der Waals surface area contributed by atoms with Gasteiger partial charge in [-0.05, 0) is 59.5 Å². The number of halogens is 2. The first-order valence-electron chi connectivity index (χ1n) is 6.98. The highest BCUT2D eigenvalue weighted by Crippen LogP contribution is 2.36. The van der Waals surface area contributed by atoms with E-state index < -0.39 is 0 Å². The molecule has 0 saturated carbocycles. The van der Waals surface area contributed by atoms with Gasteiger partial charge in [0.25, 0.3) is 0 Å². The van der Waals surface area contributed by atoms with Gasteiger partial charge in [0.05, 0.1) is 5.52 Å². The first kappa shape index (κ1) is 15.8. The minimum absolute atomic E-state index is 0.433. The Balaban J connectivity index is 2.80. The SMILES string of the molecule is CCCNc1c(C(C)C)c(C)nc2c(I)cc(Cl)cc12. The van der Waals surface area contributed by atoms with Gasteiger partial charge in [-0.25, -0.2) is 0 Å². The molecule has 0 saturated heterocycles. The number of hydrogen-bond acceptors (Lipinski definition) is 2. The first-order valence-corrected chi connectivity index (χ1v) is 8.44. The third kappa shape index (κ3) is 3.03. The Morgan fingerprint density at radius 3 is 2.65 bits per heavy atom. The molecular formula is C16H20ClIN2. The molecule has 20 heavy (non-hydrogen) atoms. The molecule has 0 unspecified atom stereocenters. The lowest BCUT2D eigenvalue weighted by molar-refractivity contribution is 0.844. The van der Waals surface area contributed by atoms with Crippen LogP contribution in [0.5, 0.6) is 0 Å². The molecule has 0 bridgehead atoms. The van der Waals surface area contributed by atoms with Crippen LogP contribution in [0.4, 0.5) is 5.69 Å². The van der Waals surface area contributed by atoms with E-state index in [1.807, 2.05) is 12.1 Å². The standard InChI is InChI=1S/C16H20ClIN2/c1-5-6-19-16-12-7-11(17)8-13(18)15(12)20-10(4)14(16)9(2)3/h7-9H,5-6H2,1-4H3,(H,19,20). The lowest BCUT2D eigenvalue weighted by Gasteiger charge is -2.20. The zero-order valence-electron chi connectivity index (χ0n) is 12.3. The molecule has 1 heterocycles. The Morgan fingerprint density at radius 1 is 1.35 bits per heavy atom. The van der Waals surface area contributed by atoms with Crippen LogP contribution in [0.3, 0.4) is 0 Å². The van der Waals surface area contributed by atoms with Gasteiger partial charge >= 0.3 is 0 Å². The first-order chi connectivity index (χ1) is 9.45. The summed E-state index contributed by atoms with van der Waals surface area (Å²) in [6.07, 6.45) is 1.10. The second-order valence-electron chi connectivity index (χ2n) is 5.35. The minimum atomic E-state index is 0.433. The maximum atomic E-state index is 6.24. The fourth-order valence-electron chi connectivity index (χ4n) is 2.57. The Bertz CT molecular complexity index is 638. The molecule has 4 heteroatoms. The third-order valence-electron chi connectivity index (χ3n) is 3.37. The molecule has 0 aliphatic carbocycles. The van der Waals surface area contributed by atoms with Crippen molar-refractivity contribution in [2.75, 3.05) is 11.9 Å². The van der Waals surface area contributed by atoms with Gasteiger partial charge in [-0.15, -0.1) is 0 Å². The average Bonchev–Trinajstić information content (AvgIpc) is 2.36. The monoisotopic (exact) mass is 402 g/mol. The van der Waals surface area contributed by atoms with Crippen LogP contribution in [0.1, 0.15) is 44.4 Å². The van der Waals surface area contributed by atoms with E-state index in [0.29, 0.717) is 5.92 Å². The Morgan fingerprint density at radius 2 is 2.05 bits per heavy atom. The highest BCUT2D eigenvalue weighted by molar-refractivity contribution is 14.1. The number of anilines is 1. The van der Waals surface area contributed by atoms with Crippen LogP contribution in [0, 0.1) is 10.5 Å². The normalized spacial score (nSPS) is 11.3. The molecule has 0 amide bonds. The summed E-state index contributed by atoms with van der Waals surface area (Å²) in [4.78, 5) is 4.80. The number of aryl methyl sites for hydroxylation is 1. The third-order valence-corrected chi connectivity index (χ3v) is 4.41. The zero-order valence-corrected chi connectivity index (χ0v) is 15.3. The number of benzene rings is 1. The number of rotatable bonds is 4. The lowest BCUT2D eigenvalue weighted by Crippen LogP contribution is -2.08. The van der Waals surface area contributed by atoms with Gasteiger partial charge in [0, 0.05) is 31.9 Å². The van der Waals surface area contributed by atoms with E-state index in [2.05, 4.69) is 55.6 Å². The molecule has 2 nitrogen and oxygen atoms in total. The molecule has 0 aliphatic heterocycles. The summed E-state index contributed by atoms with van der Waals surface area (Å²) in [5, 5.41) is 5.48. The summed E-state index contributed by atoms with van der Waals surface area (Å²) < 4.78 is 1.10. The molecule has 0 atom stereocenters. The predicted molar refractivity (Wildman–Crippen MR) is 97.1 cm³/mol. The van der Waals surface area contributed by atoms with Crippen LogP contribution in [-0.2, 0) is 0 Å². The maximum absolute atomic E-state index is 6.24. The predicted octanol–water partition coefficient (Wildman–Crippen LogP) is 5.75. The van der Waals surface area contributed by atoms with Crippen LogP contribution in [-0.4, -0.2) is 11.5 Å². The largest absolute Gasteiger partial charge is 0.384 e. The summed E-state index contributed by atoms with van der Waals surface area (Å²) in [6, 6.07) is 3.99. The van der Waals surface area contributed by atoms with Crippen molar-refractivity contribution < 1.29 is 0 Å². The van der Waals surface area contributed by atoms with Crippen molar-refractivity contribution in [2.45, 2.75) is 40.0 Å². The molecule has 1 aromatic heterocycles. The summed E-state index contributed by atoms with van der Waals surface area (Å²) >= 11 is 8.55. The van der Waals surface area contributed by atoms with Crippen LogP contribution in [0.2, 0.25) is 5.02 Å². The van der Waals surface area contributed by atoms with Gasteiger partial charge in [-0.2, -0.15) is 0 Å². The van der Waals surface area contributed by atoms with Crippen molar-refractivity contribution >= 4 is 50.8 Å². The topological polar surface area (TPSA) is 24.9 Å². The molecule has 0 fully saturated rings.